The molecule has 0 saturated carbocycles. The van der Waals surface area contributed by atoms with Gasteiger partial charge in [-0.2, -0.15) is 9.97 Å². The topological polar surface area (TPSA) is 128 Å². The molecule has 2 aromatic carbocycles. The number of anilines is 2. The van der Waals surface area contributed by atoms with Crippen LogP contribution < -0.4 is 25.0 Å². The summed E-state index contributed by atoms with van der Waals surface area (Å²) >= 11 is 0. The molecule has 4 aromatic rings. The number of nitrogens with one attached hydrogen (secondary N) is 2. The largest absolute Gasteiger partial charge is 0.493 e. The Bertz CT molecular complexity index is 1620. The Morgan fingerprint density at radius 1 is 1.00 bits per heavy atom. The smallest absolute Gasteiger partial charge is 0.330 e. The molecule has 5 rings (SSSR count). The van der Waals surface area contributed by atoms with Crippen LogP contribution in [0.1, 0.15) is 26.3 Å². The number of carbonyl (C=O) groups excluding carboxylic acids is 2. The Hall–Kier alpha value is -4.77. The van der Waals surface area contributed by atoms with Gasteiger partial charge >= 0.3 is 5.97 Å². The highest BCUT2D eigenvalue weighted by atomic mass is 16.5. The van der Waals surface area contributed by atoms with Crippen molar-refractivity contribution in [3.63, 3.8) is 0 Å². The first kappa shape index (κ1) is 29.7. The van der Waals surface area contributed by atoms with Crippen LogP contribution in [0.2, 0.25) is 0 Å². The maximum absolute atomic E-state index is 13.4. The van der Waals surface area contributed by atoms with E-state index in [1.807, 2.05) is 80.3 Å². The van der Waals surface area contributed by atoms with Crippen molar-refractivity contribution in [1.29, 1.82) is 0 Å². The minimum atomic E-state index is -0.665. The Morgan fingerprint density at radius 3 is 2.49 bits per heavy atom. The fraction of sp³-hybridized carbons (Fsp3) is 0.344. The van der Waals surface area contributed by atoms with Gasteiger partial charge in [-0.1, -0.05) is 57.2 Å². The standard InChI is InChI=1S/C32H36N6O5/c1-32(2,3)30(40)37-31-35-27-23(15-22(17-34-27)21-11-12-25(41-4)26(16-21)42-5)28(36-31)38-14-13-33-18-24(38)29(39)43-19-20-9-7-6-8-10-20/h6-12,15-17,24,33H,13-14,18-19H2,1-5H3,(H,34,35,36,37,40). The summed E-state index contributed by atoms with van der Waals surface area (Å²) in [7, 11) is 3.17. The van der Waals surface area contributed by atoms with Gasteiger partial charge in [0.2, 0.25) is 11.9 Å². The number of esters is 1. The van der Waals surface area contributed by atoms with E-state index >= 15 is 0 Å². The zero-order valence-electron chi connectivity index (χ0n) is 25.0. The maximum Gasteiger partial charge on any atom is 0.330 e. The number of rotatable bonds is 8. The first-order valence-corrected chi connectivity index (χ1v) is 14.1. The molecule has 0 radical (unpaired) electrons. The fourth-order valence-corrected chi connectivity index (χ4v) is 4.73. The molecule has 0 bridgehead atoms. The number of benzene rings is 2. The van der Waals surface area contributed by atoms with Crippen LogP contribution in [0.4, 0.5) is 11.8 Å². The number of hydrogen-bond donors (Lipinski definition) is 2. The molecule has 11 heteroatoms. The first-order valence-electron chi connectivity index (χ1n) is 14.1. The first-order chi connectivity index (χ1) is 20.7. The molecule has 1 amide bonds. The number of hydrogen-bond acceptors (Lipinski definition) is 10. The van der Waals surface area contributed by atoms with Crippen LogP contribution in [-0.4, -0.2) is 66.7 Å². The van der Waals surface area contributed by atoms with Gasteiger partial charge in [0.25, 0.3) is 0 Å². The summed E-state index contributed by atoms with van der Waals surface area (Å²) in [5, 5.41) is 6.75. The lowest BCUT2D eigenvalue weighted by atomic mass is 9.96. The average Bonchev–Trinajstić information content (AvgIpc) is 3.02. The monoisotopic (exact) mass is 584 g/mol. The third-order valence-corrected chi connectivity index (χ3v) is 7.17. The van der Waals surface area contributed by atoms with Crippen LogP contribution in [0.3, 0.4) is 0 Å². The molecule has 1 aliphatic heterocycles. The fourth-order valence-electron chi connectivity index (χ4n) is 4.73. The highest BCUT2D eigenvalue weighted by Gasteiger charge is 2.33. The van der Waals surface area contributed by atoms with Gasteiger partial charge in [-0.15, -0.1) is 0 Å². The van der Waals surface area contributed by atoms with E-state index in [2.05, 4.69) is 20.6 Å². The minimum Gasteiger partial charge on any atom is -0.493 e. The minimum absolute atomic E-state index is 0.115. The lowest BCUT2D eigenvalue weighted by molar-refractivity contribution is -0.146. The van der Waals surface area contributed by atoms with Crippen molar-refractivity contribution >= 4 is 34.7 Å². The van der Waals surface area contributed by atoms with Gasteiger partial charge in [-0.05, 0) is 29.3 Å². The second kappa shape index (κ2) is 12.6. The van der Waals surface area contributed by atoms with Crippen molar-refractivity contribution in [2.24, 2.45) is 5.41 Å². The molecule has 43 heavy (non-hydrogen) atoms. The van der Waals surface area contributed by atoms with Crippen molar-refractivity contribution in [3.8, 4) is 22.6 Å². The van der Waals surface area contributed by atoms with E-state index in [1.54, 1.807) is 20.4 Å². The summed E-state index contributed by atoms with van der Waals surface area (Å²) < 4.78 is 16.6. The quantitative estimate of drug-likeness (QED) is 0.291. The summed E-state index contributed by atoms with van der Waals surface area (Å²) in [4.78, 5) is 42.2. The number of fused-ring (bicyclic) bond motifs is 1. The van der Waals surface area contributed by atoms with Gasteiger partial charge in [-0.25, -0.2) is 9.78 Å². The van der Waals surface area contributed by atoms with Gasteiger partial charge in [0.1, 0.15) is 18.5 Å². The van der Waals surface area contributed by atoms with Crippen molar-refractivity contribution in [2.75, 3.05) is 44.1 Å². The summed E-state index contributed by atoms with van der Waals surface area (Å²) in [5.74, 6) is 1.17. The third kappa shape index (κ3) is 6.67. The van der Waals surface area contributed by atoms with Gasteiger partial charge in [0, 0.05) is 36.8 Å². The number of piperazine rings is 1. The Kier molecular flexibility index (Phi) is 8.72. The molecule has 2 aromatic heterocycles. The summed E-state index contributed by atoms with van der Waals surface area (Å²) in [6.45, 7) is 7.07. The van der Waals surface area contributed by atoms with E-state index in [1.165, 1.54) is 0 Å². The van der Waals surface area contributed by atoms with E-state index in [-0.39, 0.29) is 24.4 Å². The predicted octanol–water partition coefficient (Wildman–Crippen LogP) is 4.22. The van der Waals surface area contributed by atoms with E-state index in [0.29, 0.717) is 48.0 Å². The molecule has 1 atom stereocenters. The van der Waals surface area contributed by atoms with E-state index in [4.69, 9.17) is 19.2 Å². The van der Waals surface area contributed by atoms with Crippen molar-refractivity contribution in [2.45, 2.75) is 33.4 Å². The number of amides is 1. The molecule has 1 unspecified atom stereocenters. The molecule has 224 valence electrons. The number of carbonyl (C=O) groups is 2. The molecule has 3 heterocycles. The van der Waals surface area contributed by atoms with Crippen molar-refractivity contribution in [1.82, 2.24) is 20.3 Å². The van der Waals surface area contributed by atoms with Crippen molar-refractivity contribution < 1.29 is 23.8 Å². The number of methoxy groups -OCH3 is 2. The highest BCUT2D eigenvalue weighted by molar-refractivity contribution is 5.97. The maximum atomic E-state index is 13.4. The van der Waals surface area contributed by atoms with E-state index in [9.17, 15) is 9.59 Å². The normalized spacial score (nSPS) is 15.2. The molecule has 0 spiro atoms. The molecule has 1 aliphatic rings. The highest BCUT2D eigenvalue weighted by Crippen LogP contribution is 2.35. The van der Waals surface area contributed by atoms with E-state index < -0.39 is 11.5 Å². The Balaban J connectivity index is 1.57. The molecule has 2 N–H and O–H groups in total. The summed E-state index contributed by atoms with van der Waals surface area (Å²) in [6, 6.07) is 16.4. The number of nitrogens with zero attached hydrogens (tertiary/aromatic N) is 4. The van der Waals surface area contributed by atoms with E-state index in [0.717, 1.165) is 16.7 Å². The van der Waals surface area contributed by atoms with Crippen LogP contribution in [0, 0.1) is 5.41 Å². The second-order valence-electron chi connectivity index (χ2n) is 11.2. The lowest BCUT2D eigenvalue weighted by Gasteiger charge is -2.36. The zero-order chi connectivity index (χ0) is 30.6. The molecular weight excluding hydrogens is 548 g/mol. The summed E-state index contributed by atoms with van der Waals surface area (Å²) in [5.41, 5.74) is 2.26. The van der Waals surface area contributed by atoms with Crippen LogP contribution in [0.15, 0.2) is 60.8 Å². The second-order valence-corrected chi connectivity index (χ2v) is 11.2. The van der Waals surface area contributed by atoms with Gasteiger partial charge in [0.05, 0.1) is 19.6 Å². The lowest BCUT2D eigenvalue weighted by Crippen LogP contribution is -2.56. The third-order valence-electron chi connectivity index (χ3n) is 7.17. The predicted molar refractivity (Wildman–Crippen MR) is 164 cm³/mol. The van der Waals surface area contributed by atoms with Crippen LogP contribution in [0.5, 0.6) is 11.5 Å². The molecule has 1 saturated heterocycles. The number of ether oxygens (including phenoxy) is 3. The molecule has 1 fully saturated rings. The van der Waals surface area contributed by atoms with Crippen molar-refractivity contribution in [3.05, 3.63) is 66.4 Å². The SMILES string of the molecule is COc1ccc(-c2cnc3nc(NC(=O)C(C)(C)C)nc(N4CCNCC4C(=O)OCc4ccccc4)c3c2)cc1OC. The summed E-state index contributed by atoms with van der Waals surface area (Å²) in [6.07, 6.45) is 1.71. The van der Waals surface area contributed by atoms with Gasteiger partial charge in [-0.3, -0.25) is 10.1 Å². The van der Waals surface area contributed by atoms with Gasteiger partial charge < -0.3 is 24.4 Å². The van der Waals surface area contributed by atoms with Crippen LogP contribution in [-0.2, 0) is 20.9 Å². The molecule has 11 nitrogen and oxygen atoms in total. The zero-order valence-corrected chi connectivity index (χ0v) is 25.0. The van der Waals surface area contributed by atoms with Crippen LogP contribution >= 0.6 is 0 Å². The average molecular weight is 585 g/mol. The molecular formula is C32H36N6O5. The molecule has 0 aliphatic carbocycles. The Labute approximate surface area is 250 Å². The number of aromatic nitrogens is 3. The van der Waals surface area contributed by atoms with Crippen LogP contribution in [0.25, 0.3) is 22.2 Å². The Morgan fingerprint density at radius 2 is 1.77 bits per heavy atom. The number of pyridine rings is 1. The van der Waals surface area contributed by atoms with Gasteiger partial charge in [0.15, 0.2) is 17.1 Å².